The number of sulfone groups is 1. The predicted octanol–water partition coefficient (Wildman–Crippen LogP) is 4.09. The highest BCUT2D eigenvalue weighted by molar-refractivity contribution is 7.90. The fourth-order valence-electron chi connectivity index (χ4n) is 4.00. The zero-order valence-electron chi connectivity index (χ0n) is 21.0. The summed E-state index contributed by atoms with van der Waals surface area (Å²) in [7, 11) is -0.835. The number of amides is 1. The smallest absolute Gasteiger partial charge is 0.254 e. The second kappa shape index (κ2) is 12.1. The molecular weight excluding hydrogens is 513 g/mol. The molecule has 200 valence electrons. The molecule has 0 N–H and O–H groups in total. The molecule has 2 aromatic carbocycles. The van der Waals surface area contributed by atoms with Crippen LogP contribution in [-0.2, 0) is 40.0 Å². The molecule has 0 aliphatic heterocycles. The first-order valence-electron chi connectivity index (χ1n) is 11.8. The predicted molar refractivity (Wildman–Crippen MR) is 137 cm³/mol. The zero-order chi connectivity index (χ0) is 27.1. The number of halogens is 1. The van der Waals surface area contributed by atoms with Gasteiger partial charge in [0.05, 0.1) is 50.7 Å². The van der Waals surface area contributed by atoms with Gasteiger partial charge in [0.15, 0.2) is 0 Å². The van der Waals surface area contributed by atoms with E-state index in [1.165, 1.54) is 55.8 Å². The van der Waals surface area contributed by atoms with Crippen LogP contribution in [0.4, 0.5) is 4.39 Å². The SMILES string of the molecule is COCCn1c(CN(Cc2ccco2)C(=O)c2ccc(F)cc2)cnc1S(=O)(=O)Cc1cccc(OC)c1. The standard InChI is InChI=1S/C27H28FN3O6S/c1-35-14-12-31-23(16-29-27(31)38(33,34)19-20-5-3-6-24(15-20)36-2)17-30(18-25-7-4-13-37-25)26(32)21-8-10-22(28)11-9-21/h3-11,13,15-16H,12,14,17-19H2,1-2H3. The van der Waals surface area contributed by atoms with Gasteiger partial charge in [-0.1, -0.05) is 12.1 Å². The quantitative estimate of drug-likeness (QED) is 0.266. The van der Waals surface area contributed by atoms with Crippen molar-refractivity contribution in [2.45, 2.75) is 30.5 Å². The van der Waals surface area contributed by atoms with E-state index in [-0.39, 0.29) is 48.6 Å². The van der Waals surface area contributed by atoms with Crippen LogP contribution in [0.3, 0.4) is 0 Å². The van der Waals surface area contributed by atoms with E-state index in [2.05, 4.69) is 4.98 Å². The van der Waals surface area contributed by atoms with Crippen LogP contribution in [0.25, 0.3) is 0 Å². The number of carbonyl (C=O) groups excluding carboxylic acids is 1. The van der Waals surface area contributed by atoms with Crippen LogP contribution in [0.1, 0.15) is 27.4 Å². The summed E-state index contributed by atoms with van der Waals surface area (Å²) in [4.78, 5) is 19.1. The summed E-state index contributed by atoms with van der Waals surface area (Å²) in [6.07, 6.45) is 2.95. The highest BCUT2D eigenvalue weighted by atomic mass is 32.2. The minimum Gasteiger partial charge on any atom is -0.497 e. The second-order valence-corrected chi connectivity index (χ2v) is 10.4. The van der Waals surface area contributed by atoms with Crippen molar-refractivity contribution in [3.63, 3.8) is 0 Å². The Hall–Kier alpha value is -3.96. The van der Waals surface area contributed by atoms with Gasteiger partial charge < -0.3 is 23.4 Å². The van der Waals surface area contributed by atoms with E-state index in [1.807, 2.05) is 0 Å². The molecule has 0 fully saturated rings. The number of carbonyl (C=O) groups is 1. The second-order valence-electron chi connectivity index (χ2n) is 8.53. The highest BCUT2D eigenvalue weighted by Crippen LogP contribution is 2.22. The van der Waals surface area contributed by atoms with Crippen molar-refractivity contribution in [3.8, 4) is 5.75 Å². The molecule has 2 aromatic heterocycles. The molecular formula is C27H28FN3O6S. The first-order chi connectivity index (χ1) is 18.3. The first-order valence-corrected chi connectivity index (χ1v) is 13.4. The number of hydrogen-bond donors (Lipinski definition) is 0. The van der Waals surface area contributed by atoms with Crippen LogP contribution in [0.5, 0.6) is 5.75 Å². The van der Waals surface area contributed by atoms with Gasteiger partial charge in [-0.05, 0) is 54.1 Å². The van der Waals surface area contributed by atoms with Gasteiger partial charge in [-0.25, -0.2) is 17.8 Å². The molecule has 0 aliphatic carbocycles. The van der Waals surface area contributed by atoms with Crippen molar-refractivity contribution in [1.29, 1.82) is 0 Å². The molecule has 0 atom stereocenters. The van der Waals surface area contributed by atoms with Crippen molar-refractivity contribution < 1.29 is 31.5 Å². The average molecular weight is 542 g/mol. The maximum atomic E-state index is 13.5. The Balaban J connectivity index is 1.67. The molecule has 0 bridgehead atoms. The fourth-order valence-corrected chi connectivity index (χ4v) is 5.50. The van der Waals surface area contributed by atoms with Crippen LogP contribution in [0, 0.1) is 5.82 Å². The van der Waals surface area contributed by atoms with Crippen molar-refractivity contribution in [1.82, 2.24) is 14.5 Å². The van der Waals surface area contributed by atoms with Gasteiger partial charge in [-0.15, -0.1) is 0 Å². The minimum atomic E-state index is -3.86. The maximum absolute atomic E-state index is 13.5. The Bertz CT molecular complexity index is 1470. The van der Waals surface area contributed by atoms with Crippen molar-refractivity contribution in [2.24, 2.45) is 0 Å². The Morgan fingerprint density at radius 3 is 2.55 bits per heavy atom. The summed E-state index contributed by atoms with van der Waals surface area (Å²) in [5, 5.41) is -0.125. The molecule has 38 heavy (non-hydrogen) atoms. The number of nitrogens with zero attached hydrogens (tertiary/aromatic N) is 3. The summed E-state index contributed by atoms with van der Waals surface area (Å²) in [5.41, 5.74) is 1.33. The third-order valence-electron chi connectivity index (χ3n) is 5.85. The normalized spacial score (nSPS) is 11.4. The number of benzene rings is 2. The molecule has 9 nitrogen and oxygen atoms in total. The van der Waals surface area contributed by atoms with Gasteiger partial charge in [0.1, 0.15) is 17.3 Å². The topological polar surface area (TPSA) is 104 Å². The van der Waals surface area contributed by atoms with Crippen LogP contribution in [-0.4, -0.2) is 49.6 Å². The molecule has 0 saturated carbocycles. The molecule has 0 unspecified atom stereocenters. The van der Waals surface area contributed by atoms with E-state index in [1.54, 1.807) is 41.0 Å². The number of ether oxygens (including phenoxy) is 2. The summed E-state index contributed by atoms with van der Waals surface area (Å²) in [6, 6.07) is 15.5. The molecule has 4 rings (SSSR count). The zero-order valence-corrected chi connectivity index (χ0v) is 21.9. The third-order valence-corrected chi connectivity index (χ3v) is 7.44. The monoisotopic (exact) mass is 541 g/mol. The Morgan fingerprint density at radius 1 is 1.08 bits per heavy atom. The minimum absolute atomic E-state index is 0.0301. The lowest BCUT2D eigenvalue weighted by Crippen LogP contribution is -2.31. The highest BCUT2D eigenvalue weighted by Gasteiger charge is 2.26. The molecule has 0 radical (unpaired) electrons. The van der Waals surface area contributed by atoms with E-state index in [9.17, 15) is 17.6 Å². The Kier molecular flexibility index (Phi) is 8.59. The van der Waals surface area contributed by atoms with Gasteiger partial charge in [-0.2, -0.15) is 0 Å². The lowest BCUT2D eigenvalue weighted by molar-refractivity contribution is 0.0712. The summed E-state index contributed by atoms with van der Waals surface area (Å²) >= 11 is 0. The van der Waals surface area contributed by atoms with Crippen molar-refractivity contribution >= 4 is 15.7 Å². The van der Waals surface area contributed by atoms with E-state index in [4.69, 9.17) is 13.9 Å². The van der Waals surface area contributed by atoms with Gasteiger partial charge in [-0.3, -0.25) is 4.79 Å². The number of aromatic nitrogens is 2. The molecule has 0 saturated heterocycles. The van der Waals surface area contributed by atoms with Gasteiger partial charge in [0, 0.05) is 19.2 Å². The number of hydrogen-bond acceptors (Lipinski definition) is 7. The van der Waals surface area contributed by atoms with Crippen LogP contribution >= 0.6 is 0 Å². The number of rotatable bonds is 12. The lowest BCUT2D eigenvalue weighted by Gasteiger charge is -2.23. The van der Waals surface area contributed by atoms with Crippen molar-refractivity contribution in [3.05, 3.63) is 102 Å². The van der Waals surface area contributed by atoms with E-state index < -0.39 is 15.7 Å². The van der Waals surface area contributed by atoms with Gasteiger partial charge in [0.25, 0.3) is 5.91 Å². The molecule has 4 aromatic rings. The number of methoxy groups -OCH3 is 2. The summed E-state index contributed by atoms with van der Waals surface area (Å²) in [5.74, 6) is -0.0225. The largest absolute Gasteiger partial charge is 0.497 e. The lowest BCUT2D eigenvalue weighted by atomic mass is 10.2. The fraction of sp³-hybridized carbons (Fsp3) is 0.259. The summed E-state index contributed by atoms with van der Waals surface area (Å²) < 4.78 is 57.7. The van der Waals surface area contributed by atoms with Gasteiger partial charge in [0.2, 0.25) is 15.0 Å². The number of imidazole rings is 1. The van der Waals surface area contributed by atoms with Gasteiger partial charge >= 0.3 is 0 Å². The first kappa shape index (κ1) is 27.1. The summed E-state index contributed by atoms with van der Waals surface area (Å²) in [6.45, 7) is 0.583. The van der Waals surface area contributed by atoms with E-state index in [0.29, 0.717) is 22.8 Å². The van der Waals surface area contributed by atoms with Crippen LogP contribution in [0.2, 0.25) is 0 Å². The molecule has 0 spiro atoms. The van der Waals surface area contributed by atoms with E-state index >= 15 is 0 Å². The molecule has 11 heteroatoms. The molecule has 2 heterocycles. The average Bonchev–Trinajstić information content (AvgIpc) is 3.57. The Morgan fingerprint density at radius 2 is 1.87 bits per heavy atom. The maximum Gasteiger partial charge on any atom is 0.254 e. The molecule has 1 amide bonds. The molecule has 0 aliphatic rings. The van der Waals surface area contributed by atoms with Crippen LogP contribution in [0.15, 0.2) is 82.7 Å². The van der Waals surface area contributed by atoms with Crippen molar-refractivity contribution in [2.75, 3.05) is 20.8 Å². The number of furan rings is 1. The van der Waals surface area contributed by atoms with E-state index in [0.717, 1.165) is 0 Å². The van der Waals surface area contributed by atoms with Crippen LogP contribution < -0.4 is 4.74 Å². The Labute approximate surface area is 220 Å². The third kappa shape index (κ3) is 6.48.